The number of amides is 1. The Balaban J connectivity index is 1.76. The quantitative estimate of drug-likeness (QED) is 0.528. The third-order valence-electron chi connectivity index (χ3n) is 3.34. The van der Waals surface area contributed by atoms with Crippen LogP contribution < -0.4 is 15.4 Å². The highest BCUT2D eigenvalue weighted by Gasteiger charge is 2.06. The number of hydrogen-bond donors (Lipinski definition) is 2. The molecule has 2 N–H and O–H groups in total. The second-order valence-electron chi connectivity index (χ2n) is 5.38. The number of carbonyl (C=O) groups is 1. The highest BCUT2D eigenvalue weighted by Crippen LogP contribution is 2.15. The van der Waals surface area contributed by atoms with Gasteiger partial charge in [0.05, 0.1) is 13.0 Å². The summed E-state index contributed by atoms with van der Waals surface area (Å²) in [5, 5.41) is 6.50. The van der Waals surface area contributed by atoms with Gasteiger partial charge in [0.15, 0.2) is 5.11 Å². The van der Waals surface area contributed by atoms with Gasteiger partial charge in [-0.3, -0.25) is 4.79 Å². The molecule has 0 saturated carbocycles. The van der Waals surface area contributed by atoms with E-state index in [1.165, 1.54) is 0 Å². The molecule has 2 aromatic carbocycles. The fourth-order valence-electron chi connectivity index (χ4n) is 2.12. The zero-order valence-electron chi connectivity index (χ0n) is 14.5. The first-order chi connectivity index (χ1) is 12.6. The van der Waals surface area contributed by atoms with Crippen molar-refractivity contribution in [3.63, 3.8) is 0 Å². The molecule has 0 aromatic heterocycles. The highest BCUT2D eigenvalue weighted by atomic mass is 35.5. The van der Waals surface area contributed by atoms with E-state index in [2.05, 4.69) is 10.6 Å². The number of thiocarbonyl (C=S) groups is 1. The first kappa shape index (κ1) is 20.2. The van der Waals surface area contributed by atoms with E-state index in [0.717, 1.165) is 17.0 Å². The minimum atomic E-state index is -0.194. The Labute approximate surface area is 163 Å². The van der Waals surface area contributed by atoms with Crippen LogP contribution in [0.1, 0.15) is 12.5 Å². The van der Waals surface area contributed by atoms with Gasteiger partial charge in [-0.1, -0.05) is 23.7 Å². The number of rotatable bonds is 8. The Hall–Kier alpha value is -2.15. The summed E-state index contributed by atoms with van der Waals surface area (Å²) < 4.78 is 10.8. The Bertz CT molecular complexity index is 721. The van der Waals surface area contributed by atoms with Crippen LogP contribution in [0, 0.1) is 0 Å². The average Bonchev–Trinajstić information content (AvgIpc) is 2.62. The molecule has 5 nitrogen and oxygen atoms in total. The fourth-order valence-corrected chi connectivity index (χ4v) is 2.48. The molecule has 0 unspecified atom stereocenters. The number of anilines is 1. The minimum Gasteiger partial charge on any atom is -0.491 e. The number of hydrogen-bond acceptors (Lipinski definition) is 4. The first-order valence-corrected chi connectivity index (χ1v) is 9.01. The number of benzene rings is 2. The van der Waals surface area contributed by atoms with Gasteiger partial charge in [-0.25, -0.2) is 0 Å². The Morgan fingerprint density at radius 2 is 1.77 bits per heavy atom. The Morgan fingerprint density at radius 1 is 1.08 bits per heavy atom. The van der Waals surface area contributed by atoms with Crippen LogP contribution in [0.15, 0.2) is 48.5 Å². The van der Waals surface area contributed by atoms with Gasteiger partial charge < -0.3 is 20.1 Å². The second kappa shape index (κ2) is 10.8. The lowest BCUT2D eigenvalue weighted by Crippen LogP contribution is -2.35. The maximum atomic E-state index is 12.0. The molecule has 1 amide bonds. The highest BCUT2D eigenvalue weighted by molar-refractivity contribution is 7.80. The van der Waals surface area contributed by atoms with Crippen LogP contribution in [0.25, 0.3) is 0 Å². The van der Waals surface area contributed by atoms with E-state index < -0.39 is 0 Å². The predicted octanol–water partition coefficient (Wildman–Crippen LogP) is 3.81. The molecule has 2 rings (SSSR count). The minimum absolute atomic E-state index is 0.194. The molecule has 0 aliphatic rings. The molecule has 2 aromatic rings. The zero-order valence-corrected chi connectivity index (χ0v) is 16.0. The number of halogens is 1. The van der Waals surface area contributed by atoms with E-state index in [-0.39, 0.29) is 17.4 Å². The third-order valence-corrected chi connectivity index (χ3v) is 3.80. The smallest absolute Gasteiger partial charge is 0.230 e. The zero-order chi connectivity index (χ0) is 18.8. The van der Waals surface area contributed by atoms with Gasteiger partial charge in [-0.05, 0) is 61.1 Å². The van der Waals surface area contributed by atoms with Crippen molar-refractivity contribution >= 4 is 40.5 Å². The normalized spacial score (nSPS) is 10.2. The van der Waals surface area contributed by atoms with Crippen LogP contribution >= 0.6 is 23.8 Å². The molecule has 0 aliphatic carbocycles. The first-order valence-electron chi connectivity index (χ1n) is 8.22. The summed E-state index contributed by atoms with van der Waals surface area (Å²) in [5.41, 5.74) is 1.63. The van der Waals surface area contributed by atoms with Crippen molar-refractivity contribution < 1.29 is 14.3 Å². The monoisotopic (exact) mass is 392 g/mol. The summed E-state index contributed by atoms with van der Waals surface area (Å²) >= 11 is 11.0. The molecule has 0 spiro atoms. The Kier molecular flexibility index (Phi) is 8.34. The van der Waals surface area contributed by atoms with Crippen molar-refractivity contribution in [1.82, 2.24) is 5.32 Å². The molecule has 0 fully saturated rings. The molecule has 0 saturated heterocycles. The van der Waals surface area contributed by atoms with Crippen LogP contribution in [-0.2, 0) is 16.0 Å². The van der Waals surface area contributed by atoms with Gasteiger partial charge in [0, 0.05) is 17.3 Å². The van der Waals surface area contributed by atoms with Gasteiger partial charge in [0.25, 0.3) is 0 Å². The van der Waals surface area contributed by atoms with Crippen molar-refractivity contribution in [3.8, 4) is 5.75 Å². The summed E-state index contributed by atoms with van der Waals surface area (Å²) in [6.45, 7) is 3.67. The van der Waals surface area contributed by atoms with Gasteiger partial charge in [-0.2, -0.15) is 0 Å². The van der Waals surface area contributed by atoms with E-state index in [1.807, 2.05) is 43.3 Å². The van der Waals surface area contributed by atoms with Crippen molar-refractivity contribution in [3.05, 3.63) is 59.1 Å². The SMILES string of the molecule is CCOCCOc1ccc(NC(=S)NC(=O)Cc2ccc(Cl)cc2)cc1. The lowest BCUT2D eigenvalue weighted by Gasteiger charge is -2.11. The average molecular weight is 393 g/mol. The van der Waals surface area contributed by atoms with Crippen molar-refractivity contribution in [2.45, 2.75) is 13.3 Å². The summed E-state index contributed by atoms with van der Waals surface area (Å²) in [4.78, 5) is 12.0. The number of nitrogens with one attached hydrogen (secondary N) is 2. The summed E-state index contributed by atoms with van der Waals surface area (Å²) in [6.07, 6.45) is 0.228. The van der Waals surface area contributed by atoms with Crippen molar-refractivity contribution in [2.24, 2.45) is 0 Å². The van der Waals surface area contributed by atoms with Gasteiger partial charge in [-0.15, -0.1) is 0 Å². The number of ether oxygens (including phenoxy) is 2. The summed E-state index contributed by atoms with van der Waals surface area (Å²) in [6, 6.07) is 14.4. The molecule has 0 aliphatic heterocycles. The van der Waals surface area contributed by atoms with Crippen molar-refractivity contribution in [1.29, 1.82) is 0 Å². The molecule has 0 atom stereocenters. The van der Waals surface area contributed by atoms with Crippen LogP contribution in [-0.4, -0.2) is 30.8 Å². The Morgan fingerprint density at radius 3 is 2.42 bits per heavy atom. The lowest BCUT2D eigenvalue weighted by atomic mass is 10.1. The molecule has 7 heteroatoms. The molecule has 26 heavy (non-hydrogen) atoms. The van der Waals surface area contributed by atoms with E-state index in [1.54, 1.807) is 12.1 Å². The van der Waals surface area contributed by atoms with Crippen LogP contribution in [0.4, 0.5) is 5.69 Å². The molecule has 138 valence electrons. The standard InChI is InChI=1S/C19H21ClN2O3S/c1-2-24-11-12-25-17-9-7-16(8-10-17)21-19(26)22-18(23)13-14-3-5-15(20)6-4-14/h3-10H,2,11-13H2,1H3,(H2,21,22,23,26). The fraction of sp³-hybridized carbons (Fsp3) is 0.263. The second-order valence-corrected chi connectivity index (χ2v) is 6.22. The summed E-state index contributed by atoms with van der Waals surface area (Å²) in [7, 11) is 0. The van der Waals surface area contributed by atoms with Gasteiger partial charge in [0.1, 0.15) is 12.4 Å². The topological polar surface area (TPSA) is 59.6 Å². The molecular formula is C19H21ClN2O3S. The van der Waals surface area contributed by atoms with E-state index in [0.29, 0.717) is 24.8 Å². The molecule has 0 heterocycles. The maximum absolute atomic E-state index is 12.0. The van der Waals surface area contributed by atoms with E-state index in [4.69, 9.17) is 33.3 Å². The van der Waals surface area contributed by atoms with Crippen LogP contribution in [0.3, 0.4) is 0 Å². The van der Waals surface area contributed by atoms with Gasteiger partial charge >= 0.3 is 0 Å². The number of carbonyl (C=O) groups excluding carboxylic acids is 1. The maximum Gasteiger partial charge on any atom is 0.230 e. The van der Waals surface area contributed by atoms with Crippen LogP contribution in [0.5, 0.6) is 5.75 Å². The van der Waals surface area contributed by atoms with Gasteiger partial charge in [0.2, 0.25) is 5.91 Å². The summed E-state index contributed by atoms with van der Waals surface area (Å²) in [5.74, 6) is 0.550. The molecular weight excluding hydrogens is 372 g/mol. The molecule has 0 bridgehead atoms. The van der Waals surface area contributed by atoms with Crippen LogP contribution in [0.2, 0.25) is 5.02 Å². The molecule has 0 radical (unpaired) electrons. The third kappa shape index (κ3) is 7.39. The van der Waals surface area contributed by atoms with E-state index >= 15 is 0 Å². The predicted molar refractivity (Wildman–Crippen MR) is 108 cm³/mol. The van der Waals surface area contributed by atoms with E-state index in [9.17, 15) is 4.79 Å². The largest absolute Gasteiger partial charge is 0.491 e. The lowest BCUT2D eigenvalue weighted by molar-refractivity contribution is -0.119. The van der Waals surface area contributed by atoms with Crippen molar-refractivity contribution in [2.75, 3.05) is 25.1 Å².